The number of hydrogen-bond donors (Lipinski definition) is 0. The molecule has 0 amide bonds. The van der Waals surface area contributed by atoms with Gasteiger partial charge in [-0.05, 0) is 58.0 Å². The van der Waals surface area contributed by atoms with E-state index in [2.05, 4.69) is 18.7 Å². The Morgan fingerprint density at radius 3 is 2.29 bits per heavy atom. The summed E-state index contributed by atoms with van der Waals surface area (Å²) in [5.41, 5.74) is -0.0575. The van der Waals surface area contributed by atoms with Gasteiger partial charge in [0.15, 0.2) is 5.78 Å². The summed E-state index contributed by atoms with van der Waals surface area (Å²) in [4.78, 5) is 15.9. The quantitative estimate of drug-likeness (QED) is 0.776. The van der Waals surface area contributed by atoms with Crippen LogP contribution < -0.4 is 0 Å². The van der Waals surface area contributed by atoms with Gasteiger partial charge < -0.3 is 4.74 Å². The van der Waals surface area contributed by atoms with Crippen molar-refractivity contribution < 1.29 is 9.53 Å². The van der Waals surface area contributed by atoms with Crippen molar-refractivity contribution in [3.05, 3.63) is 0 Å². The molecule has 0 aromatic carbocycles. The van der Waals surface area contributed by atoms with E-state index in [4.69, 9.17) is 4.74 Å². The molecule has 0 radical (unpaired) electrons. The van der Waals surface area contributed by atoms with Gasteiger partial charge in [-0.15, -0.1) is 0 Å². The highest BCUT2D eigenvalue weighted by Crippen LogP contribution is 2.47. The number of ether oxygens (including phenoxy) is 1. The molecule has 1 atom stereocenters. The molecule has 2 aliphatic carbocycles. The minimum Gasteiger partial charge on any atom is -0.375 e. The van der Waals surface area contributed by atoms with Gasteiger partial charge in [-0.3, -0.25) is 9.69 Å². The average Bonchev–Trinajstić information content (AvgIpc) is 2.97. The minimum absolute atomic E-state index is 0.0850. The van der Waals surface area contributed by atoms with Crippen LogP contribution >= 0.6 is 0 Å². The summed E-state index contributed by atoms with van der Waals surface area (Å²) in [5, 5.41) is 0. The summed E-state index contributed by atoms with van der Waals surface area (Å²) in [5.74, 6) is 0.802. The van der Waals surface area contributed by atoms with Crippen LogP contribution in [0.15, 0.2) is 0 Å². The highest BCUT2D eigenvalue weighted by molar-refractivity contribution is 5.91. The van der Waals surface area contributed by atoms with Crippen molar-refractivity contribution in [1.29, 1.82) is 0 Å². The van der Waals surface area contributed by atoms with Crippen molar-refractivity contribution >= 4 is 5.78 Å². The second-order valence-electron chi connectivity index (χ2n) is 7.35. The van der Waals surface area contributed by atoms with Crippen LogP contribution in [0.2, 0.25) is 0 Å². The number of Topliss-reactive ketones (excluding diaryl/α,β-unsaturated/α-hetero) is 1. The third-order valence-electron chi connectivity index (χ3n) is 6.39. The van der Waals surface area contributed by atoms with Crippen LogP contribution in [0.4, 0.5) is 0 Å². The largest absolute Gasteiger partial charge is 0.375 e. The lowest BCUT2D eigenvalue weighted by molar-refractivity contribution is -0.162. The van der Waals surface area contributed by atoms with Crippen molar-refractivity contribution in [1.82, 2.24) is 4.90 Å². The Morgan fingerprint density at radius 2 is 1.76 bits per heavy atom. The average molecular weight is 293 g/mol. The van der Waals surface area contributed by atoms with E-state index in [1.54, 1.807) is 0 Å². The van der Waals surface area contributed by atoms with E-state index in [0.717, 1.165) is 45.4 Å². The van der Waals surface area contributed by atoms with Crippen LogP contribution in [-0.4, -0.2) is 41.5 Å². The minimum atomic E-state index is -0.142. The molecule has 1 aliphatic heterocycles. The molecular weight excluding hydrogens is 262 g/mol. The zero-order chi connectivity index (χ0) is 14.9. The maximum absolute atomic E-state index is 13.4. The predicted octanol–water partition coefficient (Wildman–Crippen LogP) is 3.56. The van der Waals surface area contributed by atoms with Gasteiger partial charge >= 0.3 is 0 Å². The lowest BCUT2D eigenvalue weighted by Crippen LogP contribution is -2.57. The lowest BCUT2D eigenvalue weighted by Gasteiger charge is -2.49. The SMILES string of the molecule is CCN(CC)C1(C(=O)C2CCOC3(CCC3)C2)CCCC1. The summed E-state index contributed by atoms with van der Waals surface area (Å²) in [7, 11) is 0. The second-order valence-corrected chi connectivity index (χ2v) is 7.35. The Bertz CT molecular complexity index is 379. The highest BCUT2D eigenvalue weighted by atomic mass is 16.5. The first-order valence-electron chi connectivity index (χ1n) is 9.09. The van der Waals surface area contributed by atoms with Crippen LogP contribution in [0.1, 0.15) is 71.6 Å². The van der Waals surface area contributed by atoms with Crippen LogP contribution in [0, 0.1) is 5.92 Å². The van der Waals surface area contributed by atoms with E-state index in [1.165, 1.54) is 32.1 Å². The van der Waals surface area contributed by atoms with Crippen LogP contribution in [0.3, 0.4) is 0 Å². The number of carbonyl (C=O) groups excluding carboxylic acids is 1. The molecule has 1 unspecified atom stereocenters. The first-order chi connectivity index (χ1) is 10.2. The standard InChI is InChI=1S/C18H31NO2/c1-3-19(4-2)18(11-5-6-12-18)16(20)15-8-13-21-17(14-15)9-7-10-17/h15H,3-14H2,1-2H3. The maximum atomic E-state index is 13.4. The van der Waals surface area contributed by atoms with Crippen molar-refractivity contribution in [2.45, 2.75) is 82.8 Å². The molecule has 1 spiro atoms. The van der Waals surface area contributed by atoms with Crippen molar-refractivity contribution in [3.63, 3.8) is 0 Å². The number of likely N-dealkylation sites (N-methyl/N-ethyl adjacent to an activating group) is 1. The molecule has 0 aromatic heterocycles. The smallest absolute Gasteiger partial charge is 0.156 e. The summed E-state index contributed by atoms with van der Waals surface area (Å²) in [6.45, 7) is 7.19. The lowest BCUT2D eigenvalue weighted by atomic mass is 9.68. The molecule has 3 aliphatic rings. The summed E-state index contributed by atoms with van der Waals surface area (Å²) in [6, 6.07) is 0. The van der Waals surface area contributed by atoms with E-state index < -0.39 is 0 Å². The van der Waals surface area contributed by atoms with Gasteiger partial charge in [-0.1, -0.05) is 26.7 Å². The number of nitrogens with zero attached hydrogens (tertiary/aromatic N) is 1. The molecule has 3 heteroatoms. The van der Waals surface area contributed by atoms with Crippen LogP contribution in [-0.2, 0) is 9.53 Å². The van der Waals surface area contributed by atoms with Crippen LogP contribution in [0.5, 0.6) is 0 Å². The Morgan fingerprint density at radius 1 is 1.10 bits per heavy atom. The van der Waals surface area contributed by atoms with Gasteiger partial charge in [-0.25, -0.2) is 0 Å². The second kappa shape index (κ2) is 6.00. The maximum Gasteiger partial charge on any atom is 0.156 e. The third-order valence-corrected chi connectivity index (χ3v) is 6.39. The molecule has 0 N–H and O–H groups in total. The summed E-state index contributed by atoms with van der Waals surface area (Å²) < 4.78 is 6.02. The normalized spacial score (nSPS) is 30.5. The molecular formula is C18H31NO2. The molecule has 0 aromatic rings. The predicted molar refractivity (Wildman–Crippen MR) is 84.4 cm³/mol. The van der Waals surface area contributed by atoms with E-state index in [1.807, 2.05) is 0 Å². The first-order valence-corrected chi connectivity index (χ1v) is 9.09. The first kappa shape index (κ1) is 15.5. The Kier molecular flexibility index (Phi) is 4.42. The topological polar surface area (TPSA) is 29.5 Å². The zero-order valence-corrected chi connectivity index (χ0v) is 13.8. The number of rotatable bonds is 5. The number of carbonyl (C=O) groups is 1. The molecule has 1 saturated heterocycles. The molecule has 21 heavy (non-hydrogen) atoms. The monoisotopic (exact) mass is 293 g/mol. The van der Waals surface area contributed by atoms with Gasteiger partial charge in [0.2, 0.25) is 0 Å². The Labute approximate surface area is 129 Å². The number of ketones is 1. The highest BCUT2D eigenvalue weighted by Gasteiger charge is 2.51. The van der Waals surface area contributed by atoms with Crippen molar-refractivity contribution in [3.8, 4) is 0 Å². The van der Waals surface area contributed by atoms with Gasteiger partial charge in [0, 0.05) is 12.5 Å². The van der Waals surface area contributed by atoms with Crippen LogP contribution in [0.25, 0.3) is 0 Å². The molecule has 1 heterocycles. The zero-order valence-electron chi connectivity index (χ0n) is 13.8. The molecule has 2 saturated carbocycles. The Balaban J connectivity index is 1.77. The van der Waals surface area contributed by atoms with E-state index in [9.17, 15) is 4.79 Å². The summed E-state index contributed by atoms with van der Waals surface area (Å²) in [6.07, 6.45) is 10.2. The molecule has 120 valence electrons. The molecule has 3 rings (SSSR count). The molecule has 3 nitrogen and oxygen atoms in total. The van der Waals surface area contributed by atoms with Gasteiger partial charge in [-0.2, -0.15) is 0 Å². The Hall–Kier alpha value is -0.410. The van der Waals surface area contributed by atoms with E-state index in [0.29, 0.717) is 5.78 Å². The van der Waals surface area contributed by atoms with E-state index >= 15 is 0 Å². The van der Waals surface area contributed by atoms with Crippen molar-refractivity contribution in [2.24, 2.45) is 5.92 Å². The summed E-state index contributed by atoms with van der Waals surface area (Å²) >= 11 is 0. The third kappa shape index (κ3) is 2.57. The fraction of sp³-hybridized carbons (Fsp3) is 0.944. The molecule has 0 bridgehead atoms. The fourth-order valence-electron chi connectivity index (χ4n) is 5.06. The fourth-order valence-corrected chi connectivity index (χ4v) is 5.06. The van der Waals surface area contributed by atoms with E-state index in [-0.39, 0.29) is 17.1 Å². The number of hydrogen-bond acceptors (Lipinski definition) is 3. The van der Waals surface area contributed by atoms with Gasteiger partial charge in [0.25, 0.3) is 0 Å². The van der Waals surface area contributed by atoms with Gasteiger partial charge in [0.05, 0.1) is 11.1 Å². The molecule has 3 fully saturated rings. The van der Waals surface area contributed by atoms with Gasteiger partial charge in [0.1, 0.15) is 0 Å². The van der Waals surface area contributed by atoms with Crippen molar-refractivity contribution in [2.75, 3.05) is 19.7 Å².